The number of ether oxygens (including phenoxy) is 3. The number of carbonyl (C=O) groups excluding carboxylic acids is 4. The molecule has 5 aromatic rings. The molecule has 11 nitrogen and oxygen atoms in total. The number of fused-ring (bicyclic) bond motifs is 2. The molecule has 0 radical (unpaired) electrons. The summed E-state index contributed by atoms with van der Waals surface area (Å²) in [4.78, 5) is 60.4. The first kappa shape index (κ1) is 32.1. The van der Waals surface area contributed by atoms with Gasteiger partial charge in [0.15, 0.2) is 0 Å². The molecular weight excluding hydrogens is 644 g/mol. The Morgan fingerprint density at radius 3 is 2.49 bits per heavy atom. The van der Waals surface area contributed by atoms with Crippen LogP contribution in [0.5, 0.6) is 11.5 Å². The number of piperidine rings is 1. The lowest BCUT2D eigenvalue weighted by molar-refractivity contribution is -0.136. The summed E-state index contributed by atoms with van der Waals surface area (Å²) in [5, 5.41) is 3.16. The molecule has 248 valence electrons. The van der Waals surface area contributed by atoms with Gasteiger partial charge in [0, 0.05) is 36.0 Å². The normalized spacial score (nSPS) is 15.9. The van der Waals surface area contributed by atoms with Gasteiger partial charge < -0.3 is 14.2 Å². The van der Waals surface area contributed by atoms with Gasteiger partial charge in [-0.3, -0.25) is 34.4 Å². The molecule has 2 aliphatic rings. The molecule has 4 heterocycles. The van der Waals surface area contributed by atoms with Crippen molar-refractivity contribution in [2.45, 2.75) is 31.7 Å². The number of methoxy groups -OCH3 is 1. The SMILES string of the molecule is COc1ccc2nc(-c3ccc(-c4ccc(CCCOCCOc5cccc6c5C(=O)N(C5CCC(=O)NC5=O)C6=O)nc4)cc3)sc2c1. The molecular formula is C37H32N4O7S. The van der Waals surface area contributed by atoms with Gasteiger partial charge in [0.1, 0.15) is 29.2 Å². The van der Waals surface area contributed by atoms with Crippen LogP contribution < -0.4 is 14.8 Å². The van der Waals surface area contributed by atoms with Crippen molar-refractivity contribution in [2.24, 2.45) is 0 Å². The van der Waals surface area contributed by atoms with Crippen LogP contribution in [-0.4, -0.2) is 71.5 Å². The van der Waals surface area contributed by atoms with Crippen LogP contribution >= 0.6 is 11.3 Å². The molecule has 7 rings (SSSR count). The third-order valence-electron chi connectivity index (χ3n) is 8.52. The minimum Gasteiger partial charge on any atom is -0.497 e. The number of aromatic nitrogens is 2. The van der Waals surface area contributed by atoms with Crippen molar-refractivity contribution in [3.63, 3.8) is 0 Å². The summed E-state index contributed by atoms with van der Waals surface area (Å²) in [6.07, 6.45) is 3.56. The number of rotatable bonds is 12. The van der Waals surface area contributed by atoms with E-state index in [-0.39, 0.29) is 42.9 Å². The van der Waals surface area contributed by atoms with Gasteiger partial charge in [-0.05, 0) is 61.2 Å². The molecule has 4 amide bonds. The standard InChI is InChI=1S/C37H32N4O7S/c1-46-26-13-14-28-31(20-26)49-35(39-28)23-9-7-22(8-10-23)24-11-12-25(38-21-24)4-3-17-47-18-19-48-30-6-2-5-27-33(30)37(45)41(36(27)44)29-15-16-32(42)40-34(29)43/h2,5-14,20-21,29H,3-4,15-19H2,1H3,(H,40,42,43). The second kappa shape index (κ2) is 14.0. The quantitative estimate of drug-likeness (QED) is 0.135. The van der Waals surface area contributed by atoms with E-state index in [9.17, 15) is 19.2 Å². The zero-order valence-electron chi connectivity index (χ0n) is 26.6. The van der Waals surface area contributed by atoms with Gasteiger partial charge >= 0.3 is 0 Å². The summed E-state index contributed by atoms with van der Waals surface area (Å²) >= 11 is 1.64. The number of nitrogens with zero attached hydrogens (tertiary/aromatic N) is 3. The lowest BCUT2D eigenvalue weighted by Crippen LogP contribution is -2.54. The molecule has 1 saturated heterocycles. The Kier molecular flexibility index (Phi) is 9.14. The third kappa shape index (κ3) is 6.65. The molecule has 2 aliphatic heterocycles. The van der Waals surface area contributed by atoms with E-state index in [1.165, 1.54) is 6.07 Å². The highest BCUT2D eigenvalue weighted by Gasteiger charge is 2.46. The van der Waals surface area contributed by atoms with E-state index in [0.717, 1.165) is 61.1 Å². The van der Waals surface area contributed by atoms with Crippen molar-refractivity contribution in [3.8, 4) is 33.2 Å². The average Bonchev–Trinajstić information content (AvgIpc) is 3.66. The van der Waals surface area contributed by atoms with Gasteiger partial charge in [0.05, 0.1) is 35.1 Å². The molecule has 0 aliphatic carbocycles. The fraction of sp³-hybridized carbons (Fsp3) is 0.243. The van der Waals surface area contributed by atoms with Crippen molar-refractivity contribution in [1.29, 1.82) is 0 Å². The number of pyridine rings is 1. The first-order valence-electron chi connectivity index (χ1n) is 15.9. The number of hydrogen-bond donors (Lipinski definition) is 1. The first-order valence-corrected chi connectivity index (χ1v) is 16.8. The molecule has 3 aromatic carbocycles. The number of imide groups is 2. The Morgan fingerprint density at radius 1 is 0.898 bits per heavy atom. The van der Waals surface area contributed by atoms with Crippen LogP contribution in [0.3, 0.4) is 0 Å². The van der Waals surface area contributed by atoms with Gasteiger partial charge in [-0.2, -0.15) is 0 Å². The summed E-state index contributed by atoms with van der Waals surface area (Å²) in [7, 11) is 1.66. The van der Waals surface area contributed by atoms with E-state index in [1.807, 2.05) is 30.5 Å². The van der Waals surface area contributed by atoms with Gasteiger partial charge in [0.25, 0.3) is 11.8 Å². The maximum absolute atomic E-state index is 13.2. The summed E-state index contributed by atoms with van der Waals surface area (Å²) in [5.41, 5.74) is 5.39. The Morgan fingerprint density at radius 2 is 1.71 bits per heavy atom. The molecule has 0 spiro atoms. The Bertz CT molecular complexity index is 2060. The number of hydrogen-bond acceptors (Lipinski definition) is 10. The summed E-state index contributed by atoms with van der Waals surface area (Å²) in [5.74, 6) is -1.17. The van der Waals surface area contributed by atoms with Crippen molar-refractivity contribution in [3.05, 3.63) is 95.8 Å². The van der Waals surface area contributed by atoms with E-state index in [4.69, 9.17) is 19.2 Å². The van der Waals surface area contributed by atoms with Crippen molar-refractivity contribution in [1.82, 2.24) is 20.2 Å². The van der Waals surface area contributed by atoms with Gasteiger partial charge in [-0.25, -0.2) is 4.98 Å². The maximum atomic E-state index is 13.2. The smallest absolute Gasteiger partial charge is 0.266 e. The highest BCUT2D eigenvalue weighted by Crippen LogP contribution is 2.35. The van der Waals surface area contributed by atoms with E-state index in [0.29, 0.717) is 6.61 Å². The van der Waals surface area contributed by atoms with Crippen molar-refractivity contribution < 1.29 is 33.4 Å². The topological polar surface area (TPSA) is 137 Å². The zero-order valence-corrected chi connectivity index (χ0v) is 27.5. The number of amides is 4. The molecule has 1 unspecified atom stereocenters. The molecule has 1 N–H and O–H groups in total. The number of nitrogens with one attached hydrogen (secondary N) is 1. The van der Waals surface area contributed by atoms with Crippen LogP contribution in [0, 0.1) is 0 Å². The van der Waals surface area contributed by atoms with Crippen LogP contribution in [-0.2, 0) is 20.7 Å². The molecule has 12 heteroatoms. The second-order valence-electron chi connectivity index (χ2n) is 11.7. The van der Waals surface area contributed by atoms with Crippen LogP contribution in [0.25, 0.3) is 31.9 Å². The molecule has 0 saturated carbocycles. The molecule has 0 bridgehead atoms. The predicted molar refractivity (Wildman–Crippen MR) is 183 cm³/mol. The zero-order chi connectivity index (χ0) is 33.9. The van der Waals surface area contributed by atoms with Crippen LogP contribution in [0.4, 0.5) is 0 Å². The number of thiazole rings is 1. The minimum atomic E-state index is -1.03. The summed E-state index contributed by atoms with van der Waals surface area (Å²) < 4.78 is 18.0. The molecule has 2 aromatic heterocycles. The predicted octanol–water partition coefficient (Wildman–Crippen LogP) is 5.46. The monoisotopic (exact) mass is 676 g/mol. The number of aryl methyl sites for hydroxylation is 1. The van der Waals surface area contributed by atoms with Crippen LogP contribution in [0.1, 0.15) is 45.7 Å². The third-order valence-corrected chi connectivity index (χ3v) is 9.59. The van der Waals surface area contributed by atoms with Gasteiger partial charge in [-0.15, -0.1) is 11.3 Å². The van der Waals surface area contributed by atoms with Crippen molar-refractivity contribution in [2.75, 3.05) is 26.9 Å². The lowest BCUT2D eigenvalue weighted by Gasteiger charge is -2.27. The Balaban J connectivity index is 0.861. The molecule has 1 fully saturated rings. The van der Waals surface area contributed by atoms with Crippen molar-refractivity contribution >= 4 is 45.2 Å². The highest BCUT2D eigenvalue weighted by atomic mass is 32.1. The van der Waals surface area contributed by atoms with E-state index < -0.39 is 29.7 Å². The van der Waals surface area contributed by atoms with E-state index in [1.54, 1.807) is 30.6 Å². The summed E-state index contributed by atoms with van der Waals surface area (Å²) in [6, 6.07) is 22.1. The fourth-order valence-corrected chi connectivity index (χ4v) is 6.98. The second-order valence-corrected chi connectivity index (χ2v) is 12.7. The lowest BCUT2D eigenvalue weighted by atomic mass is 10.0. The van der Waals surface area contributed by atoms with E-state index in [2.05, 4.69) is 40.6 Å². The maximum Gasteiger partial charge on any atom is 0.266 e. The minimum absolute atomic E-state index is 0.0601. The Hall–Kier alpha value is -5.46. The van der Waals surface area contributed by atoms with E-state index >= 15 is 0 Å². The molecule has 49 heavy (non-hydrogen) atoms. The highest BCUT2D eigenvalue weighted by molar-refractivity contribution is 7.21. The summed E-state index contributed by atoms with van der Waals surface area (Å²) in [6.45, 7) is 0.965. The number of benzene rings is 3. The first-order chi connectivity index (χ1) is 23.9. The average molecular weight is 677 g/mol. The van der Waals surface area contributed by atoms with Gasteiger partial charge in [0.2, 0.25) is 11.8 Å². The Labute approximate surface area is 285 Å². The largest absolute Gasteiger partial charge is 0.497 e. The molecule has 1 atom stereocenters. The number of carbonyl (C=O) groups is 4. The van der Waals surface area contributed by atoms with Gasteiger partial charge in [-0.1, -0.05) is 36.4 Å². The fourth-order valence-electron chi connectivity index (χ4n) is 5.98. The van der Waals surface area contributed by atoms with Crippen LogP contribution in [0.15, 0.2) is 79.0 Å². The van der Waals surface area contributed by atoms with Crippen LogP contribution in [0.2, 0.25) is 0 Å².